The van der Waals surface area contributed by atoms with Crippen LogP contribution in [0.5, 0.6) is 0 Å². The van der Waals surface area contributed by atoms with E-state index in [0.717, 1.165) is 6.07 Å². The van der Waals surface area contributed by atoms with Crippen LogP contribution in [0.2, 0.25) is 0 Å². The molecule has 0 spiro atoms. The second kappa shape index (κ2) is 7.28. The summed E-state index contributed by atoms with van der Waals surface area (Å²) in [5, 5.41) is 10.0. The molecule has 1 aromatic carbocycles. The monoisotopic (exact) mass is 433 g/mol. The number of benzene rings is 1. The van der Waals surface area contributed by atoms with E-state index in [-0.39, 0.29) is 30.9 Å². The van der Waals surface area contributed by atoms with Gasteiger partial charge < -0.3 is 15.8 Å². The van der Waals surface area contributed by atoms with Crippen molar-refractivity contribution in [1.29, 1.82) is 5.41 Å². The van der Waals surface area contributed by atoms with Crippen LogP contribution >= 0.6 is 0 Å². The van der Waals surface area contributed by atoms with Crippen LogP contribution in [0.1, 0.15) is 31.2 Å². The number of sulfone groups is 1. The van der Waals surface area contributed by atoms with E-state index in [1.54, 1.807) is 0 Å². The highest BCUT2D eigenvalue weighted by atomic mass is 32.2. The molecule has 1 amide bonds. The average Bonchev–Trinajstić information content (AvgIpc) is 3.04. The van der Waals surface area contributed by atoms with Crippen molar-refractivity contribution >= 4 is 27.3 Å². The number of rotatable bonds is 7. The van der Waals surface area contributed by atoms with Gasteiger partial charge in [0.2, 0.25) is 5.91 Å². The Kier molecular flexibility index (Phi) is 5.41. The van der Waals surface area contributed by atoms with E-state index >= 15 is 0 Å². The molecule has 1 aliphatic heterocycles. The summed E-state index contributed by atoms with van der Waals surface area (Å²) in [6.07, 6.45) is -0.484. The van der Waals surface area contributed by atoms with Gasteiger partial charge >= 0.3 is 0 Å². The highest BCUT2D eigenvalue weighted by molar-refractivity contribution is 7.93. The fourth-order valence-corrected chi connectivity index (χ4v) is 5.63. The lowest BCUT2D eigenvalue weighted by Gasteiger charge is -2.27. The molecule has 0 radical (unpaired) electrons. The van der Waals surface area contributed by atoms with Gasteiger partial charge in [0.1, 0.15) is 17.6 Å². The molecule has 3 atom stereocenters. The third kappa shape index (κ3) is 3.97. The molecule has 0 aromatic heterocycles. The number of nitrogens with one attached hydrogen (secondary N) is 2. The number of nitrogens with two attached hydrogens (primary N) is 1. The highest BCUT2D eigenvalue weighted by Gasteiger charge is 2.61. The molecule has 1 aliphatic carbocycles. The third-order valence-electron chi connectivity index (χ3n) is 5.48. The van der Waals surface area contributed by atoms with Gasteiger partial charge in [0, 0.05) is 18.7 Å². The largest absolute Gasteiger partial charge is 0.386 e. The van der Waals surface area contributed by atoms with Crippen LogP contribution in [-0.2, 0) is 19.4 Å². The van der Waals surface area contributed by atoms with E-state index in [0.29, 0.717) is 0 Å². The van der Waals surface area contributed by atoms with Crippen molar-refractivity contribution in [3.63, 3.8) is 0 Å². The van der Waals surface area contributed by atoms with Gasteiger partial charge in [0.25, 0.3) is 5.92 Å². The van der Waals surface area contributed by atoms with Crippen LogP contribution in [0.3, 0.4) is 0 Å². The molecule has 0 bridgehead atoms. The number of carbonyl (C=O) groups excluding carboxylic acids is 1. The molecule has 3 rings (SSSR count). The minimum Gasteiger partial charge on any atom is -0.386 e. The normalized spacial score (nSPS) is 26.7. The Morgan fingerprint density at radius 3 is 2.62 bits per heavy atom. The topological polar surface area (TPSA) is 122 Å². The number of amidine groups is 1. The van der Waals surface area contributed by atoms with E-state index in [1.807, 2.05) is 0 Å². The third-order valence-corrected chi connectivity index (χ3v) is 8.15. The number of alkyl halides is 2. The van der Waals surface area contributed by atoms with Gasteiger partial charge in [-0.25, -0.2) is 21.6 Å². The number of hydrogen-bond donors (Lipinski definition) is 3. The first-order valence-corrected chi connectivity index (χ1v) is 10.7. The molecule has 11 heteroatoms. The first-order chi connectivity index (χ1) is 13.4. The van der Waals surface area contributed by atoms with Gasteiger partial charge in [0.15, 0.2) is 14.6 Å². The van der Waals surface area contributed by atoms with Crippen molar-refractivity contribution in [2.75, 3.05) is 24.3 Å². The first-order valence-electron chi connectivity index (χ1n) is 9.02. The number of carbonyl (C=O) groups is 1. The molecule has 4 N–H and O–H groups in total. The highest BCUT2D eigenvalue weighted by Crippen LogP contribution is 2.49. The maximum Gasteiger partial charge on any atom is 0.260 e. The predicted molar refractivity (Wildman–Crippen MR) is 100 cm³/mol. The smallest absolute Gasteiger partial charge is 0.260 e. The average molecular weight is 433 g/mol. The number of hydrogen-bond acceptors (Lipinski definition) is 5. The standard InChI is InChI=1S/C18H22F3N3O4S/c1-10(8-29(26,27)17(16(22)23)4-5-28-9-17)12-6-11(2-3-14(12)19)24-15(25)13-7-18(13,20)21/h2-3,6,10,13H,4-5,7-9H2,1H3,(H3,22,23)(H,24,25)/t10-,13?,17+/m1/s1. The number of anilines is 1. The molecule has 160 valence electrons. The Hall–Kier alpha value is -2.14. The summed E-state index contributed by atoms with van der Waals surface area (Å²) < 4.78 is 69.8. The molecule has 1 unspecified atom stereocenters. The minimum atomic E-state index is -3.97. The van der Waals surface area contributed by atoms with Crippen LogP contribution in [0.15, 0.2) is 18.2 Å². The van der Waals surface area contributed by atoms with E-state index in [9.17, 15) is 26.4 Å². The lowest BCUT2D eigenvalue weighted by molar-refractivity contribution is -0.119. The summed E-state index contributed by atoms with van der Waals surface area (Å²) in [5.74, 6) is -7.85. The van der Waals surface area contributed by atoms with Crippen LogP contribution in [0.4, 0.5) is 18.9 Å². The molecule has 1 aromatic rings. The molecule has 2 fully saturated rings. The van der Waals surface area contributed by atoms with Crippen LogP contribution in [0.25, 0.3) is 0 Å². The van der Waals surface area contributed by atoms with E-state index in [2.05, 4.69) is 5.32 Å². The zero-order valence-corrected chi connectivity index (χ0v) is 16.5. The number of ether oxygens (including phenoxy) is 1. The Balaban J connectivity index is 1.79. The molecule has 2 aliphatic rings. The molecular weight excluding hydrogens is 411 g/mol. The van der Waals surface area contributed by atoms with E-state index in [4.69, 9.17) is 15.9 Å². The minimum absolute atomic E-state index is 0.00606. The van der Waals surface area contributed by atoms with Crippen molar-refractivity contribution in [1.82, 2.24) is 0 Å². The molecule has 29 heavy (non-hydrogen) atoms. The lowest BCUT2D eigenvalue weighted by Crippen LogP contribution is -2.52. The second-order valence-corrected chi connectivity index (χ2v) is 9.98. The van der Waals surface area contributed by atoms with E-state index < -0.39 is 62.1 Å². The zero-order valence-electron chi connectivity index (χ0n) is 15.7. The Bertz CT molecular complexity index is 946. The summed E-state index contributed by atoms with van der Waals surface area (Å²) in [7, 11) is -3.97. The van der Waals surface area contributed by atoms with Crippen LogP contribution in [-0.4, -0.2) is 49.8 Å². The molecule has 7 nitrogen and oxygen atoms in total. The second-order valence-electron chi connectivity index (χ2n) is 7.64. The maximum atomic E-state index is 14.3. The van der Waals surface area contributed by atoms with Gasteiger partial charge in [-0.15, -0.1) is 0 Å². The van der Waals surface area contributed by atoms with E-state index in [1.165, 1.54) is 19.1 Å². The summed E-state index contributed by atoms with van der Waals surface area (Å²) in [4.78, 5) is 11.8. The van der Waals surface area contributed by atoms with Crippen molar-refractivity contribution in [2.24, 2.45) is 11.7 Å². The van der Waals surface area contributed by atoms with Crippen LogP contribution in [0, 0.1) is 17.1 Å². The Morgan fingerprint density at radius 2 is 2.10 bits per heavy atom. The van der Waals surface area contributed by atoms with Gasteiger partial charge in [-0.2, -0.15) is 0 Å². The van der Waals surface area contributed by atoms with Crippen molar-refractivity contribution < 1.29 is 31.1 Å². The van der Waals surface area contributed by atoms with Gasteiger partial charge in [-0.05, 0) is 36.1 Å². The first kappa shape index (κ1) is 21.6. The Labute approximate surface area is 166 Å². The molecule has 1 saturated heterocycles. The van der Waals surface area contributed by atoms with Crippen LogP contribution < -0.4 is 11.1 Å². The molecule has 1 saturated carbocycles. The fraction of sp³-hybridized carbons (Fsp3) is 0.556. The SMILES string of the molecule is C[C@H](CS(=O)(=O)[C@@]1(C(=N)N)CCOC1)c1cc(NC(=O)C2CC2(F)F)ccc1F. The van der Waals surface area contributed by atoms with Crippen molar-refractivity contribution in [2.45, 2.75) is 36.4 Å². The van der Waals surface area contributed by atoms with Crippen molar-refractivity contribution in [3.05, 3.63) is 29.6 Å². The maximum absolute atomic E-state index is 14.3. The zero-order chi connectivity index (χ0) is 21.6. The van der Waals surface area contributed by atoms with Gasteiger partial charge in [-0.1, -0.05) is 6.92 Å². The summed E-state index contributed by atoms with van der Waals surface area (Å²) in [5.41, 5.74) is 5.65. The Morgan fingerprint density at radius 1 is 1.45 bits per heavy atom. The summed E-state index contributed by atoms with van der Waals surface area (Å²) >= 11 is 0. The summed E-state index contributed by atoms with van der Waals surface area (Å²) in [6.45, 7) is 1.40. The van der Waals surface area contributed by atoms with Gasteiger partial charge in [0.05, 0.1) is 12.4 Å². The number of halogens is 3. The van der Waals surface area contributed by atoms with Crippen molar-refractivity contribution in [3.8, 4) is 0 Å². The number of amides is 1. The molecular formula is C18H22F3N3O4S. The summed E-state index contributed by atoms with van der Waals surface area (Å²) in [6, 6.07) is 3.50. The predicted octanol–water partition coefficient (Wildman–Crippen LogP) is 2.03. The van der Waals surface area contributed by atoms with Gasteiger partial charge in [-0.3, -0.25) is 10.2 Å². The lowest BCUT2D eigenvalue weighted by atomic mass is 10.0. The fourth-order valence-electron chi connectivity index (χ4n) is 3.48. The molecule has 1 heterocycles. The quantitative estimate of drug-likeness (QED) is 0.449.